The van der Waals surface area contributed by atoms with Gasteiger partial charge in [0.2, 0.25) is 11.8 Å². The smallest absolute Gasteiger partial charge is 0.252 e. The van der Waals surface area contributed by atoms with Crippen LogP contribution in [0.5, 0.6) is 5.75 Å². The molecule has 1 aromatic carbocycles. The van der Waals surface area contributed by atoms with Gasteiger partial charge in [-0.15, -0.1) is 0 Å². The maximum atomic E-state index is 13.3. The Morgan fingerprint density at radius 3 is 2.33 bits per heavy atom. The monoisotopic (exact) mass is 413 g/mol. The van der Waals surface area contributed by atoms with E-state index in [1.165, 1.54) is 0 Å². The number of benzene rings is 1. The number of rotatable bonds is 6. The fraction of sp³-hybridized carbons (Fsp3) is 0.609. The largest absolute Gasteiger partial charge is 0.497 e. The van der Waals surface area contributed by atoms with Crippen molar-refractivity contribution in [3.05, 3.63) is 29.8 Å². The first-order valence-electron chi connectivity index (χ1n) is 11.1. The lowest BCUT2D eigenvalue weighted by atomic mass is 9.88. The van der Waals surface area contributed by atoms with E-state index in [4.69, 9.17) is 4.74 Å². The van der Waals surface area contributed by atoms with Crippen LogP contribution in [0.15, 0.2) is 24.3 Å². The second-order valence-corrected chi connectivity index (χ2v) is 8.65. The SMILES string of the molecule is COc1cccc(C(=O)NC(C(=O)N2CCCC2)C2CCN(C(=O)C3CC3)CC2)c1. The molecule has 0 aromatic heterocycles. The van der Waals surface area contributed by atoms with Gasteiger partial charge in [0.15, 0.2) is 0 Å². The van der Waals surface area contributed by atoms with Crippen molar-refractivity contribution in [1.29, 1.82) is 0 Å². The van der Waals surface area contributed by atoms with Crippen LogP contribution in [0, 0.1) is 11.8 Å². The molecule has 162 valence electrons. The van der Waals surface area contributed by atoms with Crippen LogP contribution in [0.4, 0.5) is 0 Å². The molecule has 1 atom stereocenters. The molecule has 3 fully saturated rings. The van der Waals surface area contributed by atoms with Crippen LogP contribution < -0.4 is 10.1 Å². The molecule has 0 bridgehead atoms. The molecule has 4 rings (SSSR count). The summed E-state index contributed by atoms with van der Waals surface area (Å²) in [4.78, 5) is 42.4. The van der Waals surface area contributed by atoms with E-state index in [2.05, 4.69) is 5.32 Å². The number of methoxy groups -OCH3 is 1. The summed E-state index contributed by atoms with van der Waals surface area (Å²) in [7, 11) is 1.56. The molecule has 30 heavy (non-hydrogen) atoms. The lowest BCUT2D eigenvalue weighted by molar-refractivity contribution is -0.136. The summed E-state index contributed by atoms with van der Waals surface area (Å²) < 4.78 is 5.22. The van der Waals surface area contributed by atoms with Crippen molar-refractivity contribution in [3.8, 4) is 5.75 Å². The van der Waals surface area contributed by atoms with E-state index in [9.17, 15) is 14.4 Å². The van der Waals surface area contributed by atoms with Crippen molar-refractivity contribution >= 4 is 17.7 Å². The molecule has 3 aliphatic rings. The zero-order chi connectivity index (χ0) is 21.1. The van der Waals surface area contributed by atoms with Crippen molar-refractivity contribution in [2.24, 2.45) is 11.8 Å². The lowest BCUT2D eigenvalue weighted by Crippen LogP contribution is -2.54. The highest BCUT2D eigenvalue weighted by atomic mass is 16.5. The van der Waals surface area contributed by atoms with E-state index in [1.807, 2.05) is 9.80 Å². The Bertz CT molecular complexity index is 793. The minimum absolute atomic E-state index is 0.00992. The molecule has 2 saturated heterocycles. The topological polar surface area (TPSA) is 79.0 Å². The number of carbonyl (C=O) groups is 3. The normalized spacial score (nSPS) is 20.7. The third-order valence-corrected chi connectivity index (χ3v) is 6.55. The zero-order valence-corrected chi connectivity index (χ0v) is 17.6. The van der Waals surface area contributed by atoms with Gasteiger partial charge in [-0.25, -0.2) is 0 Å². The number of ether oxygens (including phenoxy) is 1. The molecule has 2 aliphatic heterocycles. The molecular weight excluding hydrogens is 382 g/mol. The Hall–Kier alpha value is -2.57. The number of piperidine rings is 1. The van der Waals surface area contributed by atoms with Crippen LogP contribution >= 0.6 is 0 Å². The number of nitrogens with one attached hydrogen (secondary N) is 1. The fourth-order valence-electron chi connectivity index (χ4n) is 4.55. The van der Waals surface area contributed by atoms with Gasteiger partial charge in [-0.2, -0.15) is 0 Å². The molecule has 1 saturated carbocycles. The maximum Gasteiger partial charge on any atom is 0.252 e. The van der Waals surface area contributed by atoms with E-state index in [0.29, 0.717) is 24.4 Å². The molecular formula is C23H31N3O4. The zero-order valence-electron chi connectivity index (χ0n) is 17.6. The van der Waals surface area contributed by atoms with Crippen molar-refractivity contribution in [2.45, 2.75) is 44.6 Å². The van der Waals surface area contributed by atoms with Gasteiger partial charge < -0.3 is 19.9 Å². The van der Waals surface area contributed by atoms with E-state index in [-0.39, 0.29) is 29.6 Å². The summed E-state index contributed by atoms with van der Waals surface area (Å²) in [6, 6.07) is 6.42. The average molecular weight is 414 g/mol. The molecule has 7 nitrogen and oxygen atoms in total. The van der Waals surface area contributed by atoms with E-state index in [0.717, 1.165) is 51.6 Å². The number of hydrogen-bond acceptors (Lipinski definition) is 4. The van der Waals surface area contributed by atoms with Crippen LogP contribution in [0.3, 0.4) is 0 Å². The first-order chi connectivity index (χ1) is 14.6. The number of carbonyl (C=O) groups excluding carboxylic acids is 3. The standard InChI is InChI=1S/C23H31N3O4/c1-30-19-6-4-5-18(15-19)21(27)24-20(23(29)25-11-2-3-12-25)16-9-13-26(14-10-16)22(28)17-7-8-17/h4-6,15-17,20H,2-3,7-14H2,1H3,(H,24,27). The minimum Gasteiger partial charge on any atom is -0.497 e. The Balaban J connectivity index is 1.46. The molecule has 0 spiro atoms. The Kier molecular flexibility index (Phi) is 6.25. The second kappa shape index (κ2) is 9.06. The van der Waals surface area contributed by atoms with Crippen LogP contribution in [0.2, 0.25) is 0 Å². The molecule has 1 N–H and O–H groups in total. The number of nitrogens with zero attached hydrogens (tertiary/aromatic N) is 2. The van der Waals surface area contributed by atoms with Gasteiger partial charge in [0, 0.05) is 37.7 Å². The quantitative estimate of drug-likeness (QED) is 0.774. The van der Waals surface area contributed by atoms with Crippen LogP contribution in [-0.4, -0.2) is 66.9 Å². The van der Waals surface area contributed by atoms with E-state index in [1.54, 1.807) is 31.4 Å². The second-order valence-electron chi connectivity index (χ2n) is 8.65. The average Bonchev–Trinajstić information content (AvgIpc) is 3.50. The molecule has 0 radical (unpaired) electrons. The van der Waals surface area contributed by atoms with E-state index < -0.39 is 6.04 Å². The third-order valence-electron chi connectivity index (χ3n) is 6.55. The summed E-state index contributed by atoms with van der Waals surface area (Å²) in [6.45, 7) is 2.84. The molecule has 1 aliphatic carbocycles. The van der Waals surface area contributed by atoms with Crippen molar-refractivity contribution < 1.29 is 19.1 Å². The summed E-state index contributed by atoms with van der Waals surface area (Å²) in [5.41, 5.74) is 0.481. The van der Waals surface area contributed by atoms with Crippen LogP contribution in [-0.2, 0) is 9.59 Å². The van der Waals surface area contributed by atoms with Crippen molar-refractivity contribution in [2.75, 3.05) is 33.3 Å². The molecule has 3 amide bonds. The van der Waals surface area contributed by atoms with Gasteiger partial charge in [0.05, 0.1) is 7.11 Å². The molecule has 7 heteroatoms. The summed E-state index contributed by atoms with van der Waals surface area (Å²) in [5, 5.41) is 3.02. The summed E-state index contributed by atoms with van der Waals surface area (Å²) in [5.74, 6) is 0.874. The van der Waals surface area contributed by atoms with Crippen molar-refractivity contribution in [1.82, 2.24) is 15.1 Å². The Morgan fingerprint density at radius 2 is 1.70 bits per heavy atom. The van der Waals surface area contributed by atoms with Crippen LogP contribution in [0.25, 0.3) is 0 Å². The number of hydrogen-bond donors (Lipinski definition) is 1. The predicted octanol–water partition coefficient (Wildman–Crippen LogP) is 2.06. The number of likely N-dealkylation sites (tertiary alicyclic amines) is 2. The minimum atomic E-state index is -0.556. The van der Waals surface area contributed by atoms with Gasteiger partial charge >= 0.3 is 0 Å². The molecule has 2 heterocycles. The first-order valence-corrected chi connectivity index (χ1v) is 11.1. The Morgan fingerprint density at radius 1 is 1.00 bits per heavy atom. The number of amides is 3. The van der Waals surface area contributed by atoms with Crippen molar-refractivity contribution in [3.63, 3.8) is 0 Å². The lowest BCUT2D eigenvalue weighted by Gasteiger charge is -2.37. The van der Waals surface area contributed by atoms with Gasteiger partial charge in [-0.05, 0) is 62.6 Å². The van der Waals surface area contributed by atoms with E-state index >= 15 is 0 Å². The highest BCUT2D eigenvalue weighted by molar-refractivity contribution is 5.98. The highest BCUT2D eigenvalue weighted by Crippen LogP contribution is 2.33. The summed E-state index contributed by atoms with van der Waals surface area (Å²) in [6.07, 6.45) is 5.51. The van der Waals surface area contributed by atoms with Gasteiger partial charge in [0.25, 0.3) is 5.91 Å². The fourth-order valence-corrected chi connectivity index (χ4v) is 4.55. The first kappa shape index (κ1) is 20.7. The van der Waals surface area contributed by atoms with Crippen LogP contribution in [0.1, 0.15) is 48.9 Å². The maximum absolute atomic E-state index is 13.3. The third kappa shape index (κ3) is 4.60. The van der Waals surface area contributed by atoms with Gasteiger partial charge in [-0.3, -0.25) is 14.4 Å². The molecule has 1 unspecified atom stereocenters. The highest BCUT2D eigenvalue weighted by Gasteiger charge is 2.39. The molecule has 1 aromatic rings. The predicted molar refractivity (Wildman–Crippen MR) is 112 cm³/mol. The summed E-state index contributed by atoms with van der Waals surface area (Å²) >= 11 is 0. The Labute approximate surface area is 177 Å². The van der Waals surface area contributed by atoms with Gasteiger partial charge in [-0.1, -0.05) is 6.07 Å². The van der Waals surface area contributed by atoms with Gasteiger partial charge in [0.1, 0.15) is 11.8 Å².